The number of sulfonamides is 1. The molecular weight excluding hydrogens is 304 g/mol. The molecule has 6 heteroatoms. The summed E-state index contributed by atoms with van der Waals surface area (Å²) in [7, 11) is -1.52. The molecule has 2 rings (SSSR count). The van der Waals surface area contributed by atoms with Gasteiger partial charge in [0, 0.05) is 17.8 Å². The van der Waals surface area contributed by atoms with Crippen LogP contribution in [-0.2, 0) is 16.6 Å². The Hall–Kier alpha value is -0.560. The molecule has 1 fully saturated rings. The van der Waals surface area contributed by atoms with Gasteiger partial charge in [0.2, 0.25) is 10.0 Å². The molecule has 21 heavy (non-hydrogen) atoms. The average molecular weight is 329 g/mol. The van der Waals surface area contributed by atoms with Crippen molar-refractivity contribution < 1.29 is 8.42 Å². The number of thioether (sulfide) groups is 1. The van der Waals surface area contributed by atoms with Gasteiger partial charge in [0.05, 0.1) is 4.90 Å². The lowest BCUT2D eigenvalue weighted by Crippen LogP contribution is -2.38. The van der Waals surface area contributed by atoms with E-state index in [9.17, 15) is 8.42 Å². The van der Waals surface area contributed by atoms with E-state index >= 15 is 0 Å². The maximum Gasteiger partial charge on any atom is 0.240 e. The molecule has 1 aromatic carbocycles. The average Bonchev–Trinajstić information content (AvgIpc) is 2.48. The van der Waals surface area contributed by atoms with Crippen molar-refractivity contribution in [3.05, 3.63) is 29.8 Å². The lowest BCUT2D eigenvalue weighted by Gasteiger charge is -2.27. The second-order valence-corrected chi connectivity index (χ2v) is 8.36. The second kappa shape index (κ2) is 7.63. The van der Waals surface area contributed by atoms with Crippen molar-refractivity contribution in [1.82, 2.24) is 10.0 Å². The molecule has 1 aromatic rings. The molecule has 0 unspecified atom stereocenters. The minimum atomic E-state index is -3.39. The fourth-order valence-electron chi connectivity index (χ4n) is 2.69. The van der Waals surface area contributed by atoms with E-state index in [0.717, 1.165) is 37.8 Å². The molecular formula is C15H24N2O2S2. The Bertz CT molecular complexity index is 535. The maximum atomic E-state index is 12.4. The molecule has 0 aliphatic heterocycles. The zero-order valence-electron chi connectivity index (χ0n) is 12.6. The number of nitrogens with one attached hydrogen (secondary N) is 2. The molecule has 0 amide bonds. The van der Waals surface area contributed by atoms with E-state index in [1.54, 1.807) is 12.1 Å². The molecule has 0 aromatic heterocycles. The predicted octanol–water partition coefficient (Wildman–Crippen LogP) is 2.36. The van der Waals surface area contributed by atoms with Crippen molar-refractivity contribution >= 4 is 21.8 Å². The first-order chi connectivity index (χ1) is 10.0. The van der Waals surface area contributed by atoms with Gasteiger partial charge in [-0.3, -0.25) is 0 Å². The maximum absolute atomic E-state index is 12.4. The van der Waals surface area contributed by atoms with Crippen molar-refractivity contribution in [2.24, 2.45) is 0 Å². The molecule has 2 N–H and O–H groups in total. The molecule has 0 radical (unpaired) electrons. The van der Waals surface area contributed by atoms with E-state index in [4.69, 9.17) is 0 Å². The topological polar surface area (TPSA) is 58.2 Å². The van der Waals surface area contributed by atoms with Gasteiger partial charge >= 0.3 is 0 Å². The smallest absolute Gasteiger partial charge is 0.240 e. The van der Waals surface area contributed by atoms with Crippen molar-refractivity contribution in [3.8, 4) is 0 Å². The normalized spacial score (nSPS) is 23.1. The molecule has 0 bridgehead atoms. The van der Waals surface area contributed by atoms with Crippen LogP contribution in [0.15, 0.2) is 29.2 Å². The first-order valence-electron chi connectivity index (χ1n) is 7.34. The molecule has 118 valence electrons. The minimum Gasteiger partial charge on any atom is -0.316 e. The summed E-state index contributed by atoms with van der Waals surface area (Å²) < 4.78 is 27.6. The van der Waals surface area contributed by atoms with Crippen LogP contribution in [0.2, 0.25) is 0 Å². The van der Waals surface area contributed by atoms with Gasteiger partial charge in [0.15, 0.2) is 0 Å². The van der Waals surface area contributed by atoms with Crippen molar-refractivity contribution in [2.45, 2.75) is 48.4 Å². The third-order valence-corrected chi connectivity index (χ3v) is 6.62. The molecule has 0 spiro atoms. The van der Waals surface area contributed by atoms with Crippen LogP contribution in [0, 0.1) is 0 Å². The van der Waals surface area contributed by atoms with Crippen LogP contribution < -0.4 is 10.0 Å². The largest absolute Gasteiger partial charge is 0.316 e. The van der Waals surface area contributed by atoms with Crippen LogP contribution in [0.25, 0.3) is 0 Å². The Morgan fingerprint density at radius 2 is 1.76 bits per heavy atom. The first-order valence-corrected chi connectivity index (χ1v) is 10.1. The van der Waals surface area contributed by atoms with E-state index in [0.29, 0.717) is 10.1 Å². The predicted molar refractivity (Wildman–Crippen MR) is 89.1 cm³/mol. The third-order valence-electron chi connectivity index (χ3n) is 3.94. The lowest BCUT2D eigenvalue weighted by atomic mass is 9.96. The van der Waals surface area contributed by atoms with Crippen LogP contribution in [0.1, 0.15) is 31.2 Å². The van der Waals surface area contributed by atoms with E-state index in [2.05, 4.69) is 16.3 Å². The van der Waals surface area contributed by atoms with E-state index in [1.807, 2.05) is 30.9 Å². The molecule has 1 aliphatic carbocycles. The van der Waals surface area contributed by atoms with Crippen LogP contribution in [0.5, 0.6) is 0 Å². The summed E-state index contributed by atoms with van der Waals surface area (Å²) in [6.45, 7) is 0.743. The molecule has 0 atom stereocenters. The van der Waals surface area contributed by atoms with E-state index in [1.165, 1.54) is 0 Å². The molecule has 0 saturated heterocycles. The van der Waals surface area contributed by atoms with Crippen LogP contribution in [0.3, 0.4) is 0 Å². The Kier molecular flexibility index (Phi) is 6.10. The standard InChI is InChI=1S/C15H24N2O2S2/c1-16-11-12-3-9-15(10-4-12)21(18,19)17-13-5-7-14(20-2)8-6-13/h3-4,9-10,13-14,16-17H,5-8,11H2,1-2H3. The van der Waals surface area contributed by atoms with Gasteiger partial charge in [-0.1, -0.05) is 12.1 Å². The number of rotatable bonds is 6. The SMILES string of the molecule is CNCc1ccc(S(=O)(=O)NC2CCC(SC)CC2)cc1. The van der Waals surface area contributed by atoms with Gasteiger partial charge < -0.3 is 5.32 Å². The van der Waals surface area contributed by atoms with Gasteiger partial charge in [-0.25, -0.2) is 13.1 Å². The lowest BCUT2D eigenvalue weighted by molar-refractivity contribution is 0.420. The Morgan fingerprint density at radius 1 is 1.14 bits per heavy atom. The van der Waals surface area contributed by atoms with E-state index < -0.39 is 10.0 Å². The van der Waals surface area contributed by atoms with Crippen LogP contribution >= 0.6 is 11.8 Å². The van der Waals surface area contributed by atoms with Crippen LogP contribution in [-0.4, -0.2) is 33.0 Å². The zero-order valence-corrected chi connectivity index (χ0v) is 14.3. The van der Waals surface area contributed by atoms with Crippen molar-refractivity contribution in [3.63, 3.8) is 0 Å². The Labute approximate surface area is 132 Å². The highest BCUT2D eigenvalue weighted by Gasteiger charge is 2.25. The highest BCUT2D eigenvalue weighted by Crippen LogP contribution is 2.27. The molecule has 1 aliphatic rings. The fourth-order valence-corrected chi connectivity index (χ4v) is 4.74. The molecule has 1 saturated carbocycles. The summed E-state index contributed by atoms with van der Waals surface area (Å²) in [5, 5.41) is 3.74. The number of hydrogen-bond donors (Lipinski definition) is 2. The van der Waals surface area contributed by atoms with Gasteiger partial charge in [0.1, 0.15) is 0 Å². The summed E-state index contributed by atoms with van der Waals surface area (Å²) >= 11 is 1.89. The van der Waals surface area contributed by atoms with Gasteiger partial charge in [-0.15, -0.1) is 0 Å². The van der Waals surface area contributed by atoms with Crippen molar-refractivity contribution in [2.75, 3.05) is 13.3 Å². The molecule has 0 heterocycles. The zero-order chi connectivity index (χ0) is 15.3. The highest BCUT2D eigenvalue weighted by atomic mass is 32.2. The number of hydrogen-bond acceptors (Lipinski definition) is 4. The van der Waals surface area contributed by atoms with Gasteiger partial charge in [-0.05, 0) is 56.7 Å². The summed E-state index contributed by atoms with van der Waals surface area (Å²) in [4.78, 5) is 0.356. The highest BCUT2D eigenvalue weighted by molar-refractivity contribution is 7.99. The second-order valence-electron chi connectivity index (χ2n) is 5.50. The van der Waals surface area contributed by atoms with Crippen molar-refractivity contribution in [1.29, 1.82) is 0 Å². The summed E-state index contributed by atoms with van der Waals surface area (Å²) in [6.07, 6.45) is 6.18. The summed E-state index contributed by atoms with van der Waals surface area (Å²) in [5.74, 6) is 0. The number of benzene rings is 1. The fraction of sp³-hybridized carbons (Fsp3) is 0.600. The van der Waals surface area contributed by atoms with E-state index in [-0.39, 0.29) is 6.04 Å². The summed E-state index contributed by atoms with van der Waals surface area (Å²) in [6, 6.07) is 7.16. The first kappa shape index (κ1) is 16.8. The third kappa shape index (κ3) is 4.71. The molecule has 4 nitrogen and oxygen atoms in total. The van der Waals surface area contributed by atoms with Crippen LogP contribution in [0.4, 0.5) is 0 Å². The Morgan fingerprint density at radius 3 is 2.29 bits per heavy atom. The van der Waals surface area contributed by atoms with Gasteiger partial charge in [-0.2, -0.15) is 11.8 Å². The minimum absolute atomic E-state index is 0.0791. The summed E-state index contributed by atoms with van der Waals surface area (Å²) in [5.41, 5.74) is 1.08. The quantitative estimate of drug-likeness (QED) is 0.842. The Balaban J connectivity index is 1.98. The van der Waals surface area contributed by atoms with Gasteiger partial charge in [0.25, 0.3) is 0 Å². The monoisotopic (exact) mass is 328 g/mol.